The molecule has 1 N–H and O–H groups in total. The molecule has 0 aliphatic rings. The Morgan fingerprint density at radius 2 is 1.95 bits per heavy atom. The minimum Gasteiger partial charge on any atom is -0.332 e. The van der Waals surface area contributed by atoms with Gasteiger partial charge in [0.05, 0.1) is 10.6 Å². The fourth-order valence-corrected chi connectivity index (χ4v) is 3.07. The van der Waals surface area contributed by atoms with E-state index in [4.69, 9.17) is 0 Å². The Hall–Kier alpha value is -2.53. The van der Waals surface area contributed by atoms with E-state index in [1.807, 2.05) is 43.3 Å². The van der Waals surface area contributed by atoms with Gasteiger partial charge >= 0.3 is 0 Å². The zero-order valence-corrected chi connectivity index (χ0v) is 13.1. The van der Waals surface area contributed by atoms with Crippen LogP contribution < -0.4 is 5.32 Å². The van der Waals surface area contributed by atoms with Crippen LogP contribution in [-0.4, -0.2) is 15.8 Å². The molecule has 0 saturated carbocycles. The smallest absolute Gasteiger partial charge is 0.188 e. The highest BCUT2D eigenvalue weighted by Gasteiger charge is 2.16. The number of rotatable bonds is 4. The van der Waals surface area contributed by atoms with Gasteiger partial charge in [-0.15, -0.1) is 0 Å². The average molecular weight is 309 g/mol. The predicted octanol–water partition coefficient (Wildman–Crippen LogP) is 4.46. The molecule has 2 aromatic heterocycles. The number of aromatic nitrogens is 2. The van der Waals surface area contributed by atoms with Crippen LogP contribution in [0, 0.1) is 6.92 Å². The Morgan fingerprint density at radius 3 is 2.64 bits per heavy atom. The molecule has 2 heterocycles. The number of hydrogen-bond donors (Lipinski definition) is 1. The molecular weight excluding hydrogens is 294 g/mol. The topological polar surface area (TPSA) is 54.9 Å². The van der Waals surface area contributed by atoms with E-state index in [2.05, 4.69) is 15.3 Å². The van der Waals surface area contributed by atoms with Crippen LogP contribution in [0.15, 0.2) is 48.8 Å². The second kappa shape index (κ2) is 6.07. The average Bonchev–Trinajstić information content (AvgIpc) is 2.92. The Balaban J connectivity index is 1.99. The van der Waals surface area contributed by atoms with Gasteiger partial charge in [-0.1, -0.05) is 23.5 Å². The van der Waals surface area contributed by atoms with Gasteiger partial charge in [0.15, 0.2) is 10.9 Å². The number of nitrogens with one attached hydrogen (secondary N) is 1. The molecule has 1 aromatic carbocycles. The van der Waals surface area contributed by atoms with Crippen LogP contribution in [0.1, 0.15) is 22.2 Å². The van der Waals surface area contributed by atoms with Gasteiger partial charge in [0.1, 0.15) is 0 Å². The molecule has 22 heavy (non-hydrogen) atoms. The molecule has 0 fully saturated rings. The highest BCUT2D eigenvalue weighted by Crippen LogP contribution is 2.32. The number of Topliss-reactive ketones (excluding diaryl/α,β-unsaturated/α-hetero) is 1. The van der Waals surface area contributed by atoms with E-state index in [0.717, 1.165) is 11.3 Å². The monoisotopic (exact) mass is 309 g/mol. The number of aryl methyl sites for hydroxylation is 1. The standard InChI is InChI=1S/C17H15N3OS/c1-11-4-3-5-14(10-11)19-17-20-15(16(22-17)12(2)21)13-6-8-18-9-7-13/h3-10H,1-2H3,(H,19,20). The molecule has 0 aliphatic carbocycles. The summed E-state index contributed by atoms with van der Waals surface area (Å²) in [5.41, 5.74) is 3.73. The maximum absolute atomic E-state index is 11.9. The predicted molar refractivity (Wildman–Crippen MR) is 89.8 cm³/mol. The van der Waals surface area contributed by atoms with Gasteiger partial charge in [0.2, 0.25) is 0 Å². The summed E-state index contributed by atoms with van der Waals surface area (Å²) in [5, 5.41) is 3.98. The van der Waals surface area contributed by atoms with Gasteiger partial charge in [0.25, 0.3) is 0 Å². The van der Waals surface area contributed by atoms with E-state index < -0.39 is 0 Å². The summed E-state index contributed by atoms with van der Waals surface area (Å²) in [6.07, 6.45) is 3.40. The first kappa shape index (κ1) is 14.4. The van der Waals surface area contributed by atoms with Gasteiger partial charge in [-0.05, 0) is 36.8 Å². The Morgan fingerprint density at radius 1 is 1.18 bits per heavy atom. The van der Waals surface area contributed by atoms with E-state index in [1.54, 1.807) is 19.3 Å². The summed E-state index contributed by atoms with van der Waals surface area (Å²) < 4.78 is 0. The quantitative estimate of drug-likeness (QED) is 0.723. The molecule has 0 spiro atoms. The lowest BCUT2D eigenvalue weighted by Gasteiger charge is -2.02. The van der Waals surface area contributed by atoms with Crippen LogP contribution in [0.5, 0.6) is 0 Å². The molecule has 3 aromatic rings. The molecule has 0 bridgehead atoms. The van der Waals surface area contributed by atoms with E-state index in [0.29, 0.717) is 15.7 Å². The van der Waals surface area contributed by atoms with Crippen molar-refractivity contribution < 1.29 is 4.79 Å². The molecule has 0 atom stereocenters. The van der Waals surface area contributed by atoms with Crippen LogP contribution in [0.3, 0.4) is 0 Å². The van der Waals surface area contributed by atoms with E-state index in [-0.39, 0.29) is 5.78 Å². The number of anilines is 2. The maximum Gasteiger partial charge on any atom is 0.188 e. The number of thiazole rings is 1. The number of pyridine rings is 1. The zero-order chi connectivity index (χ0) is 15.5. The Kier molecular flexibility index (Phi) is 3.98. The molecule has 110 valence electrons. The van der Waals surface area contributed by atoms with Crippen LogP contribution >= 0.6 is 11.3 Å². The molecule has 4 nitrogen and oxygen atoms in total. The van der Waals surface area contributed by atoms with Gasteiger partial charge in [0, 0.05) is 30.6 Å². The molecule has 0 saturated heterocycles. The van der Waals surface area contributed by atoms with Crippen molar-refractivity contribution in [2.24, 2.45) is 0 Å². The number of ketones is 1. The van der Waals surface area contributed by atoms with Crippen molar-refractivity contribution in [3.8, 4) is 11.3 Å². The summed E-state index contributed by atoms with van der Waals surface area (Å²) >= 11 is 1.37. The molecule has 5 heteroatoms. The summed E-state index contributed by atoms with van der Waals surface area (Å²) in [6.45, 7) is 3.60. The van der Waals surface area contributed by atoms with Crippen molar-refractivity contribution in [1.29, 1.82) is 0 Å². The summed E-state index contributed by atoms with van der Waals surface area (Å²) in [6, 6.07) is 11.8. The number of carbonyl (C=O) groups excluding carboxylic acids is 1. The van der Waals surface area contributed by atoms with Crippen molar-refractivity contribution in [3.63, 3.8) is 0 Å². The fraction of sp³-hybridized carbons (Fsp3) is 0.118. The SMILES string of the molecule is CC(=O)c1sc(Nc2cccc(C)c2)nc1-c1ccncc1. The van der Waals surface area contributed by atoms with Crippen molar-refractivity contribution in [3.05, 3.63) is 59.2 Å². The number of benzene rings is 1. The highest BCUT2D eigenvalue weighted by atomic mass is 32.1. The third-order valence-corrected chi connectivity index (χ3v) is 4.24. The summed E-state index contributed by atoms with van der Waals surface area (Å²) in [7, 11) is 0. The van der Waals surface area contributed by atoms with Crippen LogP contribution in [0.4, 0.5) is 10.8 Å². The first-order valence-electron chi connectivity index (χ1n) is 6.89. The lowest BCUT2D eigenvalue weighted by atomic mass is 10.1. The van der Waals surface area contributed by atoms with Crippen LogP contribution in [0.2, 0.25) is 0 Å². The van der Waals surface area contributed by atoms with Crippen molar-refractivity contribution in [2.45, 2.75) is 13.8 Å². The highest BCUT2D eigenvalue weighted by molar-refractivity contribution is 7.18. The molecular formula is C17H15N3OS. The Bertz CT molecular complexity index is 812. The summed E-state index contributed by atoms with van der Waals surface area (Å²) in [4.78, 5) is 21.1. The molecule has 0 amide bonds. The summed E-state index contributed by atoms with van der Waals surface area (Å²) in [5.74, 6) is 0.0154. The number of nitrogens with zero attached hydrogens (tertiary/aromatic N) is 2. The third-order valence-electron chi connectivity index (χ3n) is 3.17. The molecule has 0 aliphatic heterocycles. The molecule has 3 rings (SSSR count). The van der Waals surface area contributed by atoms with E-state index in [1.165, 1.54) is 16.9 Å². The van der Waals surface area contributed by atoms with Crippen molar-refractivity contribution >= 4 is 27.9 Å². The van der Waals surface area contributed by atoms with Crippen LogP contribution in [0.25, 0.3) is 11.3 Å². The first-order valence-corrected chi connectivity index (χ1v) is 7.71. The Labute approximate surface area is 132 Å². The lowest BCUT2D eigenvalue weighted by molar-refractivity contribution is 0.102. The number of hydrogen-bond acceptors (Lipinski definition) is 5. The molecule has 0 radical (unpaired) electrons. The second-order valence-electron chi connectivity index (χ2n) is 4.98. The van der Waals surface area contributed by atoms with Crippen molar-refractivity contribution in [2.75, 3.05) is 5.32 Å². The van der Waals surface area contributed by atoms with E-state index >= 15 is 0 Å². The van der Waals surface area contributed by atoms with Gasteiger partial charge in [-0.25, -0.2) is 4.98 Å². The third kappa shape index (κ3) is 3.04. The zero-order valence-electron chi connectivity index (χ0n) is 12.3. The van der Waals surface area contributed by atoms with Gasteiger partial charge in [-0.2, -0.15) is 0 Å². The van der Waals surface area contributed by atoms with Crippen LogP contribution in [-0.2, 0) is 0 Å². The first-order chi connectivity index (χ1) is 10.6. The minimum absolute atomic E-state index is 0.0154. The normalized spacial score (nSPS) is 10.5. The largest absolute Gasteiger partial charge is 0.332 e. The number of carbonyl (C=O) groups is 1. The van der Waals surface area contributed by atoms with Gasteiger partial charge in [-0.3, -0.25) is 9.78 Å². The van der Waals surface area contributed by atoms with Gasteiger partial charge < -0.3 is 5.32 Å². The van der Waals surface area contributed by atoms with E-state index in [9.17, 15) is 4.79 Å². The fourth-order valence-electron chi connectivity index (χ4n) is 2.16. The minimum atomic E-state index is 0.0154. The molecule has 0 unspecified atom stereocenters. The lowest BCUT2D eigenvalue weighted by Crippen LogP contribution is -1.92. The van der Waals surface area contributed by atoms with Crippen molar-refractivity contribution in [1.82, 2.24) is 9.97 Å². The second-order valence-corrected chi connectivity index (χ2v) is 5.98. The maximum atomic E-state index is 11.9.